The van der Waals surface area contributed by atoms with Crippen LogP contribution in [0.15, 0.2) is 24.3 Å². The first-order valence-corrected chi connectivity index (χ1v) is 5.41. The van der Waals surface area contributed by atoms with Gasteiger partial charge in [0.15, 0.2) is 0 Å². The maximum Gasteiger partial charge on any atom is 0.128 e. The minimum atomic E-state index is -0.244. The average Bonchev–Trinajstić information content (AvgIpc) is 2.26. The molecule has 0 aromatic heterocycles. The monoisotopic (exact) mass is 210 g/mol. The summed E-state index contributed by atoms with van der Waals surface area (Å²) in [6.07, 6.45) is 0. The third kappa shape index (κ3) is 3.29. The van der Waals surface area contributed by atoms with Gasteiger partial charge in [0.1, 0.15) is 5.82 Å². The Kier molecular flexibility index (Phi) is 4.72. The third-order valence-electron chi connectivity index (χ3n) is 2.65. The number of hydrogen-bond donors (Lipinski definition) is 1. The highest BCUT2D eigenvalue weighted by atomic mass is 19.1. The molecular weight excluding hydrogens is 191 g/mol. The molecule has 1 unspecified atom stereocenters. The highest BCUT2D eigenvalue weighted by Gasteiger charge is 2.13. The molecule has 1 atom stereocenters. The Morgan fingerprint density at radius 3 is 2.40 bits per heavy atom. The number of likely N-dealkylation sites (N-methyl/N-ethyl adjacent to an activating group) is 1. The van der Waals surface area contributed by atoms with Gasteiger partial charge in [-0.1, -0.05) is 32.0 Å². The zero-order valence-electron chi connectivity index (χ0n) is 9.41. The first-order chi connectivity index (χ1) is 7.19. The van der Waals surface area contributed by atoms with E-state index in [2.05, 4.69) is 18.7 Å². The zero-order valence-corrected chi connectivity index (χ0v) is 9.41. The van der Waals surface area contributed by atoms with Crippen molar-refractivity contribution in [1.29, 1.82) is 0 Å². The van der Waals surface area contributed by atoms with Gasteiger partial charge in [-0.15, -0.1) is 0 Å². The van der Waals surface area contributed by atoms with Crippen LogP contribution in [-0.4, -0.2) is 24.5 Å². The molecule has 3 heteroatoms. The van der Waals surface area contributed by atoms with Crippen LogP contribution in [0, 0.1) is 5.82 Å². The van der Waals surface area contributed by atoms with Crippen molar-refractivity contribution in [3.05, 3.63) is 35.6 Å². The minimum Gasteiger partial charge on any atom is -0.323 e. The van der Waals surface area contributed by atoms with E-state index in [9.17, 15) is 4.39 Å². The fourth-order valence-corrected chi connectivity index (χ4v) is 1.63. The average molecular weight is 210 g/mol. The lowest BCUT2D eigenvalue weighted by Gasteiger charge is -2.22. The molecule has 1 rings (SSSR count). The van der Waals surface area contributed by atoms with Gasteiger partial charge in [-0.25, -0.2) is 4.39 Å². The van der Waals surface area contributed by atoms with Gasteiger partial charge in [-0.2, -0.15) is 0 Å². The molecule has 2 N–H and O–H groups in total. The van der Waals surface area contributed by atoms with Crippen molar-refractivity contribution in [2.24, 2.45) is 5.73 Å². The van der Waals surface area contributed by atoms with Gasteiger partial charge in [0.2, 0.25) is 0 Å². The normalized spacial score (nSPS) is 13.1. The topological polar surface area (TPSA) is 29.3 Å². The van der Waals surface area contributed by atoms with Gasteiger partial charge in [0.25, 0.3) is 0 Å². The van der Waals surface area contributed by atoms with E-state index in [-0.39, 0.29) is 11.9 Å². The number of halogens is 1. The molecule has 0 aliphatic rings. The number of nitrogens with zero attached hydrogens (tertiary/aromatic N) is 1. The second-order valence-electron chi connectivity index (χ2n) is 3.61. The standard InChI is InChI=1S/C12H19FN2/c1-3-15(4-2)9-12(14)10-7-5-6-8-11(10)13/h5-8,12H,3-4,9,14H2,1-2H3. The molecule has 0 amide bonds. The zero-order chi connectivity index (χ0) is 11.3. The van der Waals surface area contributed by atoms with Crippen molar-refractivity contribution < 1.29 is 4.39 Å². The molecule has 15 heavy (non-hydrogen) atoms. The molecule has 0 saturated carbocycles. The van der Waals surface area contributed by atoms with E-state index >= 15 is 0 Å². The number of rotatable bonds is 5. The molecule has 0 aliphatic heterocycles. The van der Waals surface area contributed by atoms with Crippen molar-refractivity contribution in [3.8, 4) is 0 Å². The second kappa shape index (κ2) is 5.83. The van der Waals surface area contributed by atoms with E-state index in [1.807, 2.05) is 6.07 Å². The Morgan fingerprint density at radius 2 is 1.87 bits per heavy atom. The van der Waals surface area contributed by atoms with Gasteiger partial charge >= 0.3 is 0 Å². The molecule has 0 bridgehead atoms. The Bertz CT molecular complexity index is 297. The molecular formula is C12H19FN2. The fraction of sp³-hybridized carbons (Fsp3) is 0.500. The summed E-state index contributed by atoms with van der Waals surface area (Å²) in [6, 6.07) is 6.47. The first kappa shape index (κ1) is 12.1. The predicted molar refractivity (Wildman–Crippen MR) is 61.1 cm³/mol. The molecule has 2 nitrogen and oxygen atoms in total. The van der Waals surface area contributed by atoms with Crippen LogP contribution in [0.4, 0.5) is 4.39 Å². The quantitative estimate of drug-likeness (QED) is 0.807. The fourth-order valence-electron chi connectivity index (χ4n) is 1.63. The van der Waals surface area contributed by atoms with E-state index in [4.69, 9.17) is 5.73 Å². The first-order valence-electron chi connectivity index (χ1n) is 5.41. The van der Waals surface area contributed by atoms with Crippen molar-refractivity contribution in [2.75, 3.05) is 19.6 Å². The van der Waals surface area contributed by atoms with Crippen molar-refractivity contribution in [1.82, 2.24) is 4.90 Å². The van der Waals surface area contributed by atoms with Crippen molar-refractivity contribution in [2.45, 2.75) is 19.9 Å². The van der Waals surface area contributed by atoms with E-state index in [1.54, 1.807) is 12.1 Å². The highest BCUT2D eigenvalue weighted by molar-refractivity contribution is 5.21. The summed E-state index contributed by atoms with van der Waals surface area (Å²) in [5, 5.41) is 0. The molecule has 0 heterocycles. The van der Waals surface area contributed by atoms with Crippen LogP contribution >= 0.6 is 0 Å². The van der Waals surface area contributed by atoms with Crippen LogP contribution < -0.4 is 5.73 Å². The van der Waals surface area contributed by atoms with Crippen LogP contribution in [0.1, 0.15) is 25.5 Å². The smallest absolute Gasteiger partial charge is 0.128 e. The minimum absolute atomic E-state index is 0.211. The second-order valence-corrected chi connectivity index (χ2v) is 3.61. The summed E-state index contributed by atoms with van der Waals surface area (Å²) in [7, 11) is 0. The molecule has 1 aromatic carbocycles. The van der Waals surface area contributed by atoms with E-state index in [1.165, 1.54) is 6.07 Å². The summed E-state index contributed by atoms with van der Waals surface area (Å²) in [5.74, 6) is -0.211. The van der Waals surface area contributed by atoms with Gasteiger partial charge in [-0.3, -0.25) is 0 Å². The third-order valence-corrected chi connectivity index (χ3v) is 2.65. The molecule has 0 saturated heterocycles. The molecule has 0 fully saturated rings. The Balaban J connectivity index is 2.68. The lowest BCUT2D eigenvalue weighted by molar-refractivity contribution is 0.282. The number of nitrogens with two attached hydrogens (primary N) is 1. The van der Waals surface area contributed by atoms with Gasteiger partial charge in [0.05, 0.1) is 0 Å². The van der Waals surface area contributed by atoms with Crippen LogP contribution in [0.25, 0.3) is 0 Å². The molecule has 84 valence electrons. The Labute approximate surface area is 90.9 Å². The SMILES string of the molecule is CCN(CC)CC(N)c1ccccc1F. The Morgan fingerprint density at radius 1 is 1.27 bits per heavy atom. The summed E-state index contributed by atoms with van der Waals surface area (Å²) in [5.41, 5.74) is 6.57. The Hall–Kier alpha value is -0.930. The lowest BCUT2D eigenvalue weighted by Crippen LogP contribution is -2.32. The summed E-state index contributed by atoms with van der Waals surface area (Å²) < 4.78 is 13.4. The van der Waals surface area contributed by atoms with Gasteiger partial charge in [-0.05, 0) is 19.2 Å². The van der Waals surface area contributed by atoms with E-state index < -0.39 is 0 Å². The molecule has 1 aromatic rings. The molecule has 0 spiro atoms. The van der Waals surface area contributed by atoms with Crippen LogP contribution in [0.5, 0.6) is 0 Å². The van der Waals surface area contributed by atoms with E-state index in [0.29, 0.717) is 12.1 Å². The van der Waals surface area contributed by atoms with Crippen LogP contribution in [0.2, 0.25) is 0 Å². The van der Waals surface area contributed by atoms with E-state index in [0.717, 1.165) is 13.1 Å². The molecule has 0 radical (unpaired) electrons. The summed E-state index contributed by atoms with van der Waals surface area (Å²) >= 11 is 0. The largest absolute Gasteiger partial charge is 0.323 e. The maximum absolute atomic E-state index is 13.4. The predicted octanol–water partition coefficient (Wildman–Crippen LogP) is 2.17. The summed E-state index contributed by atoms with van der Waals surface area (Å²) in [6.45, 7) is 6.75. The van der Waals surface area contributed by atoms with Crippen LogP contribution in [-0.2, 0) is 0 Å². The van der Waals surface area contributed by atoms with Crippen molar-refractivity contribution in [3.63, 3.8) is 0 Å². The van der Waals surface area contributed by atoms with Gasteiger partial charge in [0, 0.05) is 18.2 Å². The lowest BCUT2D eigenvalue weighted by atomic mass is 10.1. The van der Waals surface area contributed by atoms with Gasteiger partial charge < -0.3 is 10.6 Å². The van der Waals surface area contributed by atoms with Crippen LogP contribution in [0.3, 0.4) is 0 Å². The summed E-state index contributed by atoms with van der Waals surface area (Å²) in [4.78, 5) is 2.19. The maximum atomic E-state index is 13.4. The molecule has 0 aliphatic carbocycles. The number of benzene rings is 1. The highest BCUT2D eigenvalue weighted by Crippen LogP contribution is 2.15. The van der Waals surface area contributed by atoms with Crippen molar-refractivity contribution >= 4 is 0 Å². The number of hydrogen-bond acceptors (Lipinski definition) is 2.